The average molecular weight is 236 g/mol. The predicted molar refractivity (Wildman–Crippen MR) is 66.0 cm³/mol. The first-order valence-corrected chi connectivity index (χ1v) is 6.17. The van der Waals surface area contributed by atoms with Gasteiger partial charge >= 0.3 is 0 Å². The number of aryl methyl sites for hydroxylation is 1. The summed E-state index contributed by atoms with van der Waals surface area (Å²) < 4.78 is 2.03. The van der Waals surface area contributed by atoms with E-state index < -0.39 is 0 Å². The fourth-order valence-electron chi connectivity index (χ4n) is 1.70. The van der Waals surface area contributed by atoms with Crippen molar-refractivity contribution in [2.24, 2.45) is 12.9 Å². The molecule has 86 valence electrons. The number of nitrogens with two attached hydrogens (primary N) is 1. The molecule has 0 aliphatic heterocycles. The Hall–Kier alpha value is -1.17. The van der Waals surface area contributed by atoms with Gasteiger partial charge in [-0.05, 0) is 28.8 Å². The molecule has 2 aromatic rings. The summed E-state index contributed by atoms with van der Waals surface area (Å²) >= 11 is 1.71. The Balaban J connectivity index is 1.98. The van der Waals surface area contributed by atoms with E-state index in [2.05, 4.69) is 27.2 Å². The van der Waals surface area contributed by atoms with Gasteiger partial charge in [-0.15, -0.1) is 0 Å². The average Bonchev–Trinajstić information content (AvgIpc) is 2.90. The molecule has 0 fully saturated rings. The van der Waals surface area contributed by atoms with Gasteiger partial charge in [-0.1, -0.05) is 0 Å². The highest BCUT2D eigenvalue weighted by Gasteiger charge is 2.11. The van der Waals surface area contributed by atoms with Crippen LogP contribution in [0.2, 0.25) is 0 Å². The van der Waals surface area contributed by atoms with Crippen LogP contribution >= 0.6 is 11.3 Å². The number of hydrogen-bond donors (Lipinski definition) is 2. The smallest absolute Gasteiger partial charge is 0.109 e. The highest BCUT2D eigenvalue weighted by Crippen LogP contribution is 2.10. The SMILES string of the molecule is Cn1ccnc1CC(Cc1ccsc1)NN. The van der Waals surface area contributed by atoms with Gasteiger partial charge in [-0.25, -0.2) is 4.98 Å². The summed E-state index contributed by atoms with van der Waals surface area (Å²) in [4.78, 5) is 4.30. The molecule has 2 heterocycles. The third-order valence-electron chi connectivity index (χ3n) is 2.65. The Morgan fingerprint density at radius 3 is 3.00 bits per heavy atom. The molecule has 16 heavy (non-hydrogen) atoms. The molecule has 2 aromatic heterocycles. The zero-order chi connectivity index (χ0) is 11.4. The molecule has 0 saturated carbocycles. The molecule has 0 aromatic carbocycles. The first kappa shape index (κ1) is 11.3. The minimum absolute atomic E-state index is 0.232. The second-order valence-electron chi connectivity index (χ2n) is 3.86. The summed E-state index contributed by atoms with van der Waals surface area (Å²) in [6.45, 7) is 0. The van der Waals surface area contributed by atoms with Crippen molar-refractivity contribution in [3.05, 3.63) is 40.6 Å². The van der Waals surface area contributed by atoms with Gasteiger partial charge in [0.15, 0.2) is 0 Å². The van der Waals surface area contributed by atoms with E-state index in [1.165, 1.54) is 5.56 Å². The molecular weight excluding hydrogens is 220 g/mol. The van der Waals surface area contributed by atoms with Crippen molar-refractivity contribution in [1.82, 2.24) is 15.0 Å². The van der Waals surface area contributed by atoms with Crippen molar-refractivity contribution >= 4 is 11.3 Å². The highest BCUT2D eigenvalue weighted by molar-refractivity contribution is 7.07. The van der Waals surface area contributed by atoms with Crippen LogP contribution in [0.25, 0.3) is 0 Å². The van der Waals surface area contributed by atoms with Gasteiger partial charge in [-0.3, -0.25) is 11.3 Å². The molecule has 0 bridgehead atoms. The third-order valence-corrected chi connectivity index (χ3v) is 3.38. The van der Waals surface area contributed by atoms with Crippen LogP contribution in [0.5, 0.6) is 0 Å². The van der Waals surface area contributed by atoms with Crippen molar-refractivity contribution in [1.29, 1.82) is 0 Å². The van der Waals surface area contributed by atoms with Crippen molar-refractivity contribution in [2.45, 2.75) is 18.9 Å². The van der Waals surface area contributed by atoms with E-state index >= 15 is 0 Å². The van der Waals surface area contributed by atoms with Crippen LogP contribution < -0.4 is 11.3 Å². The maximum atomic E-state index is 5.57. The van der Waals surface area contributed by atoms with Crippen LogP contribution in [0.1, 0.15) is 11.4 Å². The number of nitrogens with zero attached hydrogens (tertiary/aromatic N) is 2. The first-order valence-electron chi connectivity index (χ1n) is 5.23. The zero-order valence-electron chi connectivity index (χ0n) is 9.26. The summed E-state index contributed by atoms with van der Waals surface area (Å²) in [5, 5.41) is 4.24. The normalized spacial score (nSPS) is 12.9. The second kappa shape index (κ2) is 5.25. The van der Waals surface area contributed by atoms with Gasteiger partial charge in [0.25, 0.3) is 0 Å². The van der Waals surface area contributed by atoms with Gasteiger partial charge in [-0.2, -0.15) is 11.3 Å². The Labute approximate surface area is 99.1 Å². The summed E-state index contributed by atoms with van der Waals surface area (Å²) in [6.07, 6.45) is 5.55. The topological polar surface area (TPSA) is 55.9 Å². The lowest BCUT2D eigenvalue weighted by Crippen LogP contribution is -2.38. The molecule has 0 aliphatic rings. The van der Waals surface area contributed by atoms with Crippen LogP contribution in [0.4, 0.5) is 0 Å². The van der Waals surface area contributed by atoms with E-state index in [0.29, 0.717) is 0 Å². The highest BCUT2D eigenvalue weighted by atomic mass is 32.1. The Morgan fingerprint density at radius 1 is 1.56 bits per heavy atom. The van der Waals surface area contributed by atoms with Gasteiger partial charge in [0.1, 0.15) is 5.82 Å². The van der Waals surface area contributed by atoms with Gasteiger partial charge in [0.2, 0.25) is 0 Å². The first-order chi connectivity index (χ1) is 7.79. The lowest BCUT2D eigenvalue weighted by Gasteiger charge is -2.14. The molecule has 0 radical (unpaired) electrons. The summed E-state index contributed by atoms with van der Waals surface area (Å²) in [5.74, 6) is 6.63. The van der Waals surface area contributed by atoms with E-state index in [1.807, 2.05) is 24.0 Å². The number of hydrogen-bond acceptors (Lipinski definition) is 4. The fourth-order valence-corrected chi connectivity index (χ4v) is 2.38. The quantitative estimate of drug-likeness (QED) is 0.604. The van der Waals surface area contributed by atoms with Crippen molar-refractivity contribution in [3.63, 3.8) is 0 Å². The molecule has 1 atom stereocenters. The largest absolute Gasteiger partial charge is 0.338 e. The van der Waals surface area contributed by atoms with Crippen LogP contribution in [0.3, 0.4) is 0 Å². The van der Waals surface area contributed by atoms with Crippen molar-refractivity contribution in [3.8, 4) is 0 Å². The maximum absolute atomic E-state index is 5.57. The Bertz CT molecular complexity index is 421. The molecule has 0 spiro atoms. The third kappa shape index (κ3) is 2.69. The maximum Gasteiger partial charge on any atom is 0.109 e. The number of rotatable bonds is 5. The minimum atomic E-state index is 0.232. The van der Waals surface area contributed by atoms with Crippen molar-refractivity contribution in [2.75, 3.05) is 0 Å². The molecule has 5 heteroatoms. The van der Waals surface area contributed by atoms with E-state index in [9.17, 15) is 0 Å². The second-order valence-corrected chi connectivity index (χ2v) is 4.64. The molecule has 2 rings (SSSR count). The van der Waals surface area contributed by atoms with Crippen LogP contribution in [-0.2, 0) is 19.9 Å². The van der Waals surface area contributed by atoms with Gasteiger partial charge in [0, 0.05) is 31.9 Å². The summed E-state index contributed by atoms with van der Waals surface area (Å²) in [6, 6.07) is 2.36. The van der Waals surface area contributed by atoms with Gasteiger partial charge in [0.05, 0.1) is 0 Å². The molecular formula is C11H16N4S. The number of nitrogens with one attached hydrogen (secondary N) is 1. The zero-order valence-corrected chi connectivity index (χ0v) is 10.1. The molecule has 1 unspecified atom stereocenters. The number of thiophene rings is 1. The Kier molecular flexibility index (Phi) is 3.71. The van der Waals surface area contributed by atoms with Crippen LogP contribution in [0, 0.1) is 0 Å². The molecule has 4 nitrogen and oxygen atoms in total. The summed E-state index contributed by atoms with van der Waals surface area (Å²) in [5.41, 5.74) is 4.18. The van der Waals surface area contributed by atoms with E-state index in [1.54, 1.807) is 11.3 Å². The van der Waals surface area contributed by atoms with E-state index in [4.69, 9.17) is 5.84 Å². The predicted octanol–water partition coefficient (Wildman–Crippen LogP) is 1.10. The van der Waals surface area contributed by atoms with Crippen molar-refractivity contribution < 1.29 is 0 Å². The molecule has 0 aliphatic carbocycles. The summed E-state index contributed by atoms with van der Waals surface area (Å²) in [7, 11) is 2.00. The minimum Gasteiger partial charge on any atom is -0.338 e. The number of hydrazine groups is 1. The van der Waals surface area contributed by atoms with E-state index in [0.717, 1.165) is 18.7 Å². The number of aromatic nitrogens is 2. The standard InChI is InChI=1S/C11H16N4S/c1-15-4-3-13-11(15)7-10(14-12)6-9-2-5-16-8-9/h2-5,8,10,14H,6-7,12H2,1H3. The lowest BCUT2D eigenvalue weighted by molar-refractivity contribution is 0.505. The van der Waals surface area contributed by atoms with Crippen LogP contribution in [-0.4, -0.2) is 15.6 Å². The molecule has 0 amide bonds. The molecule has 0 saturated heterocycles. The molecule has 3 N–H and O–H groups in total. The van der Waals surface area contributed by atoms with Crippen LogP contribution in [0.15, 0.2) is 29.2 Å². The van der Waals surface area contributed by atoms with Gasteiger partial charge < -0.3 is 4.57 Å². The Morgan fingerprint density at radius 2 is 2.44 bits per heavy atom. The monoisotopic (exact) mass is 236 g/mol. The fraction of sp³-hybridized carbons (Fsp3) is 0.364. The van der Waals surface area contributed by atoms with E-state index in [-0.39, 0.29) is 6.04 Å². The lowest BCUT2D eigenvalue weighted by atomic mass is 10.1. The number of imidazole rings is 1.